The Kier molecular flexibility index (Phi) is 7.93. The highest BCUT2D eigenvalue weighted by Crippen LogP contribution is 2.29. The number of carbonyl (C=O) groups excluding carboxylic acids is 1. The van der Waals surface area contributed by atoms with E-state index in [0.29, 0.717) is 30.3 Å². The Balaban J connectivity index is 1.33. The van der Waals surface area contributed by atoms with Crippen LogP contribution in [-0.2, 0) is 6.61 Å². The Labute approximate surface area is 227 Å². The van der Waals surface area contributed by atoms with Crippen LogP contribution in [0.5, 0.6) is 11.5 Å². The second-order valence-corrected chi connectivity index (χ2v) is 9.05. The van der Waals surface area contributed by atoms with Crippen LogP contribution in [0.4, 0.5) is 0 Å². The largest absolute Gasteiger partial charge is 0.490 e. The van der Waals surface area contributed by atoms with Crippen molar-refractivity contribution in [2.45, 2.75) is 20.5 Å². The molecule has 1 amide bonds. The molecule has 0 bridgehead atoms. The number of rotatable bonds is 9. The number of fused-ring (bicyclic) bond motifs is 1. The van der Waals surface area contributed by atoms with Crippen LogP contribution in [0.1, 0.15) is 34.0 Å². The topological polar surface area (TPSA) is 72.8 Å². The molecule has 5 rings (SSSR count). The highest BCUT2D eigenvalue weighted by atomic mass is 16.5. The van der Waals surface area contributed by atoms with Gasteiger partial charge in [-0.15, -0.1) is 0 Å². The van der Waals surface area contributed by atoms with Gasteiger partial charge in [-0.2, -0.15) is 5.10 Å². The molecule has 4 aromatic carbocycles. The van der Waals surface area contributed by atoms with E-state index in [1.54, 1.807) is 12.3 Å². The molecule has 1 heterocycles. The first kappa shape index (κ1) is 25.7. The lowest BCUT2D eigenvalue weighted by atomic mass is 10.0. The number of para-hydroxylation sites is 1. The number of nitrogens with one attached hydrogen (secondary N) is 1. The van der Waals surface area contributed by atoms with E-state index in [4.69, 9.17) is 14.5 Å². The molecule has 0 fully saturated rings. The van der Waals surface area contributed by atoms with E-state index in [2.05, 4.69) is 29.6 Å². The predicted molar refractivity (Wildman–Crippen MR) is 155 cm³/mol. The number of hydrogen-bond acceptors (Lipinski definition) is 5. The minimum absolute atomic E-state index is 0.315. The van der Waals surface area contributed by atoms with Gasteiger partial charge in [-0.25, -0.2) is 10.4 Å². The van der Waals surface area contributed by atoms with E-state index in [1.807, 2.05) is 91.9 Å². The van der Waals surface area contributed by atoms with Crippen LogP contribution in [0.3, 0.4) is 0 Å². The zero-order valence-electron chi connectivity index (χ0n) is 21.9. The molecule has 194 valence electrons. The summed E-state index contributed by atoms with van der Waals surface area (Å²) in [5.74, 6) is 0.953. The standard InChI is InChI=1S/C33H29N3O3/c1-3-38-32-19-24(16-17-31(32)39-22-25-11-9-10-23(2)18-25)21-34-36-33(37)28-20-30(26-12-5-4-6-13-26)35-29-15-8-7-14-27(28)29/h4-21H,3,22H2,1-2H3,(H,36,37)/b34-21+. The van der Waals surface area contributed by atoms with E-state index >= 15 is 0 Å². The van der Waals surface area contributed by atoms with Gasteiger partial charge < -0.3 is 9.47 Å². The molecule has 0 radical (unpaired) electrons. The van der Waals surface area contributed by atoms with Crippen LogP contribution >= 0.6 is 0 Å². The molecule has 0 spiro atoms. The summed E-state index contributed by atoms with van der Waals surface area (Å²) in [5.41, 5.74) is 8.63. The molecule has 0 atom stereocenters. The highest BCUT2D eigenvalue weighted by Gasteiger charge is 2.14. The van der Waals surface area contributed by atoms with Crippen molar-refractivity contribution in [2.75, 3.05) is 6.61 Å². The van der Waals surface area contributed by atoms with Crippen LogP contribution in [0.25, 0.3) is 22.2 Å². The lowest BCUT2D eigenvalue weighted by molar-refractivity contribution is 0.0956. The molecule has 0 aliphatic rings. The number of hydrogen-bond donors (Lipinski definition) is 1. The Morgan fingerprint density at radius 2 is 1.69 bits per heavy atom. The van der Waals surface area contributed by atoms with E-state index < -0.39 is 0 Å². The van der Waals surface area contributed by atoms with Gasteiger partial charge in [-0.3, -0.25) is 4.79 Å². The number of ether oxygens (including phenoxy) is 2. The van der Waals surface area contributed by atoms with Crippen molar-refractivity contribution < 1.29 is 14.3 Å². The Bertz CT molecular complexity index is 1630. The molecule has 5 aromatic rings. The quantitative estimate of drug-likeness (QED) is 0.170. The molecule has 6 heteroatoms. The third kappa shape index (κ3) is 6.30. The molecule has 0 aliphatic heterocycles. The van der Waals surface area contributed by atoms with Crippen molar-refractivity contribution in [1.82, 2.24) is 10.4 Å². The molecule has 0 saturated heterocycles. The molecule has 1 N–H and O–H groups in total. The van der Waals surface area contributed by atoms with Crippen molar-refractivity contribution in [1.29, 1.82) is 0 Å². The average molecular weight is 516 g/mol. The first-order valence-electron chi connectivity index (χ1n) is 12.8. The lowest BCUT2D eigenvalue weighted by Crippen LogP contribution is -2.18. The van der Waals surface area contributed by atoms with Crippen molar-refractivity contribution in [3.63, 3.8) is 0 Å². The Morgan fingerprint density at radius 3 is 2.51 bits per heavy atom. The number of pyridine rings is 1. The van der Waals surface area contributed by atoms with Gasteiger partial charge in [0.15, 0.2) is 11.5 Å². The van der Waals surface area contributed by atoms with Crippen molar-refractivity contribution in [3.05, 3.63) is 125 Å². The molecule has 0 saturated carbocycles. The number of aryl methyl sites for hydroxylation is 1. The normalized spacial score (nSPS) is 11.0. The second-order valence-electron chi connectivity index (χ2n) is 9.05. The van der Waals surface area contributed by atoms with Crippen LogP contribution < -0.4 is 14.9 Å². The smallest absolute Gasteiger partial charge is 0.272 e. The minimum atomic E-state index is -0.315. The zero-order valence-corrected chi connectivity index (χ0v) is 21.9. The lowest BCUT2D eigenvalue weighted by Gasteiger charge is -2.13. The van der Waals surface area contributed by atoms with E-state index in [9.17, 15) is 4.79 Å². The van der Waals surface area contributed by atoms with Crippen molar-refractivity contribution >= 4 is 23.0 Å². The third-order valence-electron chi connectivity index (χ3n) is 6.15. The van der Waals surface area contributed by atoms with Crippen molar-refractivity contribution in [2.24, 2.45) is 5.10 Å². The maximum Gasteiger partial charge on any atom is 0.272 e. The fourth-order valence-electron chi connectivity index (χ4n) is 4.30. The molecular formula is C33H29N3O3. The van der Waals surface area contributed by atoms with Gasteiger partial charge in [0.2, 0.25) is 0 Å². The number of amides is 1. The monoisotopic (exact) mass is 515 g/mol. The summed E-state index contributed by atoms with van der Waals surface area (Å²) in [5, 5.41) is 4.98. The summed E-state index contributed by atoms with van der Waals surface area (Å²) in [6, 6.07) is 33.0. The zero-order chi connectivity index (χ0) is 27.0. The summed E-state index contributed by atoms with van der Waals surface area (Å²) >= 11 is 0. The number of benzene rings is 4. The number of hydrazone groups is 1. The van der Waals surface area contributed by atoms with Gasteiger partial charge in [0.1, 0.15) is 6.61 Å². The van der Waals surface area contributed by atoms with Crippen molar-refractivity contribution in [3.8, 4) is 22.8 Å². The summed E-state index contributed by atoms with van der Waals surface area (Å²) in [7, 11) is 0. The summed E-state index contributed by atoms with van der Waals surface area (Å²) in [4.78, 5) is 17.9. The first-order valence-corrected chi connectivity index (χ1v) is 12.8. The maximum absolute atomic E-state index is 13.2. The fraction of sp³-hybridized carbons (Fsp3) is 0.121. The molecule has 39 heavy (non-hydrogen) atoms. The van der Waals surface area contributed by atoms with Crippen LogP contribution in [-0.4, -0.2) is 23.7 Å². The number of nitrogens with zero attached hydrogens (tertiary/aromatic N) is 2. The van der Waals surface area contributed by atoms with Gasteiger partial charge >= 0.3 is 0 Å². The van der Waals surface area contributed by atoms with Gasteiger partial charge in [-0.1, -0.05) is 78.4 Å². The highest BCUT2D eigenvalue weighted by molar-refractivity contribution is 6.07. The maximum atomic E-state index is 13.2. The van der Waals surface area contributed by atoms with Gasteiger partial charge in [0.25, 0.3) is 5.91 Å². The summed E-state index contributed by atoms with van der Waals surface area (Å²) in [6.07, 6.45) is 1.59. The first-order chi connectivity index (χ1) is 19.1. The van der Waals surface area contributed by atoms with Crippen LogP contribution in [0, 0.1) is 6.92 Å². The average Bonchev–Trinajstić information content (AvgIpc) is 2.97. The van der Waals surface area contributed by atoms with Crippen LogP contribution in [0.15, 0.2) is 108 Å². The summed E-state index contributed by atoms with van der Waals surface area (Å²) in [6.45, 7) is 4.92. The molecule has 1 aromatic heterocycles. The van der Waals surface area contributed by atoms with Crippen LogP contribution in [0.2, 0.25) is 0 Å². The predicted octanol–water partition coefficient (Wildman–Crippen LogP) is 6.95. The van der Waals surface area contributed by atoms with E-state index in [0.717, 1.165) is 33.3 Å². The van der Waals surface area contributed by atoms with Gasteiger partial charge in [0, 0.05) is 10.9 Å². The van der Waals surface area contributed by atoms with E-state index in [-0.39, 0.29) is 5.91 Å². The molecular weight excluding hydrogens is 486 g/mol. The Morgan fingerprint density at radius 1 is 0.872 bits per heavy atom. The summed E-state index contributed by atoms with van der Waals surface area (Å²) < 4.78 is 11.8. The molecule has 0 unspecified atom stereocenters. The van der Waals surface area contributed by atoms with Gasteiger partial charge in [-0.05, 0) is 55.3 Å². The second kappa shape index (κ2) is 12.0. The SMILES string of the molecule is CCOc1cc(/C=N/NC(=O)c2cc(-c3ccccc3)nc3ccccc23)ccc1OCc1cccc(C)c1. The third-order valence-corrected chi connectivity index (χ3v) is 6.15. The fourth-order valence-corrected chi connectivity index (χ4v) is 4.30. The minimum Gasteiger partial charge on any atom is -0.490 e. The van der Waals surface area contributed by atoms with Gasteiger partial charge in [0.05, 0.1) is 29.6 Å². The molecule has 0 aliphatic carbocycles. The van der Waals surface area contributed by atoms with E-state index in [1.165, 1.54) is 5.56 Å². The number of aromatic nitrogens is 1. The number of carbonyl (C=O) groups is 1. The Hall–Kier alpha value is -4.97. The molecule has 6 nitrogen and oxygen atoms in total.